The predicted molar refractivity (Wildman–Crippen MR) is 82.1 cm³/mol. The van der Waals surface area contributed by atoms with Crippen molar-refractivity contribution in [1.29, 1.82) is 0 Å². The largest absolute Gasteiger partial charge is 0.497 e. The van der Waals surface area contributed by atoms with Crippen LogP contribution in [0.1, 0.15) is 0 Å². The second-order valence-corrected chi connectivity index (χ2v) is 7.95. The first-order valence-corrected chi connectivity index (χ1v) is 8.81. The highest BCUT2D eigenvalue weighted by atomic mass is 32.2. The summed E-state index contributed by atoms with van der Waals surface area (Å²) in [6.45, 7) is 1.36. The van der Waals surface area contributed by atoms with Crippen LogP contribution in [0, 0.1) is 11.3 Å². The number of aliphatic hydroxyl groups excluding tert-OH is 1. The van der Waals surface area contributed by atoms with E-state index < -0.39 is 15.4 Å². The number of rotatable bonds is 5. The van der Waals surface area contributed by atoms with Crippen molar-refractivity contribution in [2.24, 2.45) is 11.3 Å². The summed E-state index contributed by atoms with van der Waals surface area (Å²) in [5.74, 6) is 0.736. The molecule has 2 saturated heterocycles. The Hall–Kier alpha value is -1.35. The van der Waals surface area contributed by atoms with E-state index in [2.05, 4.69) is 0 Å². The van der Waals surface area contributed by atoms with Crippen molar-refractivity contribution in [2.45, 2.75) is 4.90 Å². The highest BCUT2D eigenvalue weighted by Crippen LogP contribution is 2.43. The van der Waals surface area contributed by atoms with Crippen LogP contribution in [0.25, 0.3) is 0 Å². The Bertz CT molecular complexity index is 691. The molecule has 0 saturated carbocycles. The van der Waals surface area contributed by atoms with Crippen LogP contribution in [0.5, 0.6) is 11.5 Å². The molecule has 2 heterocycles. The summed E-state index contributed by atoms with van der Waals surface area (Å²) in [4.78, 5) is 0.0772. The van der Waals surface area contributed by atoms with Gasteiger partial charge < -0.3 is 19.3 Å². The molecule has 0 amide bonds. The summed E-state index contributed by atoms with van der Waals surface area (Å²) in [7, 11) is -0.827. The Balaban J connectivity index is 1.97. The van der Waals surface area contributed by atoms with Crippen molar-refractivity contribution in [1.82, 2.24) is 4.31 Å². The minimum absolute atomic E-state index is 0.0128. The van der Waals surface area contributed by atoms with Crippen LogP contribution in [0.3, 0.4) is 0 Å². The maximum Gasteiger partial charge on any atom is 0.246 e. The van der Waals surface area contributed by atoms with E-state index in [9.17, 15) is 13.5 Å². The highest BCUT2D eigenvalue weighted by Gasteiger charge is 2.53. The summed E-state index contributed by atoms with van der Waals surface area (Å²) in [6, 6.07) is 4.69. The Labute approximate surface area is 135 Å². The van der Waals surface area contributed by atoms with E-state index in [-0.39, 0.29) is 29.7 Å². The molecule has 0 radical (unpaired) electrons. The van der Waals surface area contributed by atoms with Gasteiger partial charge in [0, 0.05) is 30.5 Å². The van der Waals surface area contributed by atoms with Gasteiger partial charge in [-0.1, -0.05) is 0 Å². The second-order valence-electron chi connectivity index (χ2n) is 6.05. The number of hydrogen-bond donors (Lipinski definition) is 1. The zero-order valence-electron chi connectivity index (χ0n) is 13.2. The molecule has 0 spiro atoms. The van der Waals surface area contributed by atoms with E-state index in [1.807, 2.05) is 0 Å². The van der Waals surface area contributed by atoms with E-state index in [0.29, 0.717) is 25.5 Å². The molecule has 7 nitrogen and oxygen atoms in total. The molecule has 2 atom stereocenters. The third-order valence-electron chi connectivity index (χ3n) is 4.79. The number of sulfonamides is 1. The number of methoxy groups -OCH3 is 2. The van der Waals surface area contributed by atoms with Crippen LogP contribution in [-0.2, 0) is 14.8 Å². The predicted octanol–water partition coefficient (Wildman–Crippen LogP) is 0.333. The Morgan fingerprint density at radius 3 is 2.78 bits per heavy atom. The molecule has 23 heavy (non-hydrogen) atoms. The lowest BCUT2D eigenvalue weighted by Crippen LogP contribution is -2.36. The molecule has 1 N–H and O–H groups in total. The molecule has 3 rings (SSSR count). The fraction of sp³-hybridized carbons (Fsp3) is 0.600. The van der Waals surface area contributed by atoms with Crippen LogP contribution in [0.2, 0.25) is 0 Å². The summed E-state index contributed by atoms with van der Waals surface area (Å²) >= 11 is 0. The molecular weight excluding hydrogens is 322 g/mol. The van der Waals surface area contributed by atoms with Gasteiger partial charge in [0.15, 0.2) is 0 Å². The van der Waals surface area contributed by atoms with E-state index in [4.69, 9.17) is 14.2 Å². The van der Waals surface area contributed by atoms with E-state index >= 15 is 0 Å². The zero-order chi connectivity index (χ0) is 16.7. The topological polar surface area (TPSA) is 85.3 Å². The maximum absolute atomic E-state index is 13.0. The fourth-order valence-corrected chi connectivity index (χ4v) is 5.07. The van der Waals surface area contributed by atoms with E-state index in [1.165, 1.54) is 24.6 Å². The second kappa shape index (κ2) is 5.94. The lowest BCUT2D eigenvalue weighted by molar-refractivity contribution is 0.0905. The van der Waals surface area contributed by atoms with Gasteiger partial charge >= 0.3 is 0 Å². The van der Waals surface area contributed by atoms with Crippen molar-refractivity contribution in [3.05, 3.63) is 18.2 Å². The zero-order valence-corrected chi connectivity index (χ0v) is 14.0. The quantitative estimate of drug-likeness (QED) is 0.829. The average Bonchev–Trinajstić information content (AvgIpc) is 3.11. The molecule has 1 aromatic rings. The Morgan fingerprint density at radius 1 is 1.39 bits per heavy atom. The summed E-state index contributed by atoms with van der Waals surface area (Å²) < 4.78 is 43.2. The van der Waals surface area contributed by atoms with Gasteiger partial charge in [-0.2, -0.15) is 4.31 Å². The third-order valence-corrected chi connectivity index (χ3v) is 6.63. The summed E-state index contributed by atoms with van der Waals surface area (Å²) in [5.41, 5.74) is -0.501. The van der Waals surface area contributed by atoms with E-state index in [1.54, 1.807) is 12.1 Å². The standard InChI is InChI=1S/C15H21NO6S/c1-20-12-3-4-13(21-2)14(5-12)23(18,19)16-6-11-7-22-10-15(11,8-16)9-17/h3-5,11,17H,6-10H2,1-2H3/t11-,15-/m0/s1. The lowest BCUT2D eigenvalue weighted by Gasteiger charge is -2.24. The molecule has 0 unspecified atom stereocenters. The van der Waals surface area contributed by atoms with Crippen LogP contribution in [0.4, 0.5) is 0 Å². The Kier molecular flexibility index (Phi) is 4.26. The van der Waals surface area contributed by atoms with Gasteiger partial charge in [-0.15, -0.1) is 0 Å². The summed E-state index contributed by atoms with van der Waals surface area (Å²) in [6.07, 6.45) is 0. The third kappa shape index (κ3) is 2.59. The molecule has 2 aliphatic heterocycles. The average molecular weight is 343 g/mol. The SMILES string of the molecule is COc1ccc(OC)c(S(=O)(=O)N2C[C@H]3COC[C@@]3(CO)C2)c1. The molecule has 8 heteroatoms. The van der Waals surface area contributed by atoms with Gasteiger partial charge in [-0.05, 0) is 12.1 Å². The van der Waals surface area contributed by atoms with Crippen LogP contribution < -0.4 is 9.47 Å². The first-order valence-electron chi connectivity index (χ1n) is 7.37. The number of aliphatic hydroxyl groups is 1. The van der Waals surface area contributed by atoms with Gasteiger partial charge in [0.2, 0.25) is 10.0 Å². The van der Waals surface area contributed by atoms with Gasteiger partial charge in [0.1, 0.15) is 16.4 Å². The molecule has 1 aromatic carbocycles. The number of ether oxygens (including phenoxy) is 3. The molecule has 128 valence electrons. The molecule has 0 aromatic heterocycles. The van der Waals surface area contributed by atoms with Crippen LogP contribution >= 0.6 is 0 Å². The maximum atomic E-state index is 13.0. The van der Waals surface area contributed by atoms with Crippen molar-refractivity contribution < 1.29 is 27.7 Å². The van der Waals surface area contributed by atoms with Crippen LogP contribution in [-0.4, -0.2) is 65.0 Å². The smallest absolute Gasteiger partial charge is 0.246 e. The van der Waals surface area contributed by atoms with Gasteiger partial charge in [0.05, 0.1) is 34.0 Å². The van der Waals surface area contributed by atoms with Crippen molar-refractivity contribution in [3.8, 4) is 11.5 Å². The van der Waals surface area contributed by atoms with Crippen molar-refractivity contribution >= 4 is 10.0 Å². The number of hydrogen-bond acceptors (Lipinski definition) is 6. The minimum Gasteiger partial charge on any atom is -0.497 e. The first kappa shape index (κ1) is 16.5. The number of fused-ring (bicyclic) bond motifs is 1. The summed E-state index contributed by atoms with van der Waals surface area (Å²) in [5, 5.41) is 9.72. The molecule has 2 fully saturated rings. The lowest BCUT2D eigenvalue weighted by atomic mass is 9.82. The fourth-order valence-electron chi connectivity index (χ4n) is 3.31. The molecular formula is C15H21NO6S. The molecule has 0 bridgehead atoms. The minimum atomic E-state index is -3.74. The van der Waals surface area contributed by atoms with Crippen molar-refractivity contribution in [2.75, 3.05) is 47.1 Å². The monoisotopic (exact) mass is 343 g/mol. The molecule has 0 aliphatic carbocycles. The van der Waals surface area contributed by atoms with Crippen molar-refractivity contribution in [3.63, 3.8) is 0 Å². The Morgan fingerprint density at radius 2 is 2.17 bits per heavy atom. The molecule has 2 aliphatic rings. The van der Waals surface area contributed by atoms with Gasteiger partial charge in [-0.25, -0.2) is 8.42 Å². The number of benzene rings is 1. The van der Waals surface area contributed by atoms with E-state index in [0.717, 1.165) is 0 Å². The normalized spacial score (nSPS) is 27.9. The number of nitrogens with zero attached hydrogens (tertiary/aromatic N) is 1. The van der Waals surface area contributed by atoms with Crippen LogP contribution in [0.15, 0.2) is 23.1 Å². The first-order chi connectivity index (χ1) is 11.0. The highest BCUT2D eigenvalue weighted by molar-refractivity contribution is 7.89. The van der Waals surface area contributed by atoms with Gasteiger partial charge in [0.25, 0.3) is 0 Å². The van der Waals surface area contributed by atoms with Gasteiger partial charge in [-0.3, -0.25) is 0 Å².